The van der Waals surface area contributed by atoms with Gasteiger partial charge in [-0.15, -0.1) is 0 Å². The van der Waals surface area contributed by atoms with E-state index < -0.39 is 43.5 Å². The summed E-state index contributed by atoms with van der Waals surface area (Å²) in [7, 11) is 5.22. The molecule has 0 amide bonds. The summed E-state index contributed by atoms with van der Waals surface area (Å²) in [6, 6.07) is 0.929. The van der Waals surface area contributed by atoms with E-state index in [-0.39, 0.29) is 36.0 Å². The number of sulfonamides is 1. The highest BCUT2D eigenvalue weighted by molar-refractivity contribution is 7.88. The summed E-state index contributed by atoms with van der Waals surface area (Å²) < 4.78 is 56.2. The Morgan fingerprint density at radius 1 is 1.21 bits per heavy atom. The van der Waals surface area contributed by atoms with Gasteiger partial charge in [-0.05, 0) is 30.7 Å². The van der Waals surface area contributed by atoms with Gasteiger partial charge in [0.1, 0.15) is 37.0 Å². The lowest BCUT2D eigenvalue weighted by Crippen LogP contribution is -2.60. The second-order valence-electron chi connectivity index (χ2n) is 12.7. The molecule has 0 unspecified atom stereocenters. The van der Waals surface area contributed by atoms with Crippen LogP contribution in [0.2, 0.25) is 10.4 Å². The maximum atomic E-state index is 14.4. The fraction of sp³-hybridized carbons (Fsp3) is 0.667. The Morgan fingerprint density at radius 3 is 2.32 bits per heavy atom. The van der Waals surface area contributed by atoms with Gasteiger partial charge in [0, 0.05) is 37.3 Å². The fourth-order valence-corrected chi connectivity index (χ4v) is 7.52. The normalized spacial score (nSPS) is 26.5. The monoisotopic (exact) mass is 545 g/mol. The molecule has 2 fully saturated rings. The van der Waals surface area contributed by atoms with Crippen LogP contribution in [0, 0.1) is 11.8 Å². The third kappa shape index (κ3) is 5.56. The van der Waals surface area contributed by atoms with E-state index in [9.17, 15) is 27.1 Å². The number of nitrogens with one attached hydrogen (secondary N) is 1. The summed E-state index contributed by atoms with van der Waals surface area (Å²) in [4.78, 5) is 22.4. The molecule has 3 heterocycles. The van der Waals surface area contributed by atoms with Crippen LogP contribution in [0.3, 0.4) is 0 Å². The molecule has 0 radical (unpaired) electrons. The minimum absolute atomic E-state index is 0.0591. The minimum Gasteiger partial charge on any atom is -0.393 e. The number of anilines is 1. The second kappa shape index (κ2) is 9.65. The average molecular weight is 545 g/mol. The summed E-state index contributed by atoms with van der Waals surface area (Å²) in [6.45, 7) is 2.69. The highest BCUT2D eigenvalue weighted by atomic mass is 32.2. The Kier molecular flexibility index (Phi) is 7.40. The van der Waals surface area contributed by atoms with Crippen LogP contribution in [-0.2, 0) is 22.4 Å². The highest BCUT2D eigenvalue weighted by Gasteiger charge is 2.48. The summed E-state index contributed by atoms with van der Waals surface area (Å²) in [6.07, 6.45) is 3.43. The largest absolute Gasteiger partial charge is 0.393 e. The molecule has 0 bridgehead atoms. The zero-order valence-electron chi connectivity index (χ0n) is 23.1. The van der Waals surface area contributed by atoms with Crippen LogP contribution in [0.25, 0.3) is 11.0 Å². The van der Waals surface area contributed by atoms with Crippen molar-refractivity contribution in [3.8, 4) is 0 Å². The fourth-order valence-electron chi connectivity index (χ4n) is 6.39. The zero-order valence-corrected chi connectivity index (χ0v) is 23.9. The zero-order chi connectivity index (χ0) is 28.4. The Hall–Kier alpha value is -1.86. The van der Waals surface area contributed by atoms with E-state index in [1.165, 1.54) is 21.3 Å². The third-order valence-corrected chi connectivity index (χ3v) is 9.57. The standard InChI is InChI=1S/C21H34B5F2N5O4S/c1-10-11(3-4-14(10)34)7-33-15-12(5-13(16(33)35)21(26,27)28)6-29-18(30-15)31-17-19(22,23)8-32(38(2,36)37)9-20(17,24)25/h5-6,10-11,14,17,34H,3-4,7-9,22-26H2,1-2H3,(H,29,30,31)/t10-,11-,14+/m1/s1. The van der Waals surface area contributed by atoms with Crippen molar-refractivity contribution in [3.05, 3.63) is 28.2 Å². The SMILES string of the molecule is BC(F)(F)c1cc2cnc(NC3C(B)(B)CN(S(C)(=O)=O)CC3(B)B)nc2n(C[C@H]2CC[C@H](O)[C@@H]2C)c1=O. The van der Waals surface area contributed by atoms with Gasteiger partial charge >= 0.3 is 0 Å². The molecular weight excluding hydrogens is 510 g/mol. The van der Waals surface area contributed by atoms with E-state index in [0.29, 0.717) is 39.2 Å². The van der Waals surface area contributed by atoms with Crippen LogP contribution in [0.4, 0.5) is 14.7 Å². The Morgan fingerprint density at radius 2 is 1.82 bits per heavy atom. The van der Waals surface area contributed by atoms with Crippen molar-refractivity contribution in [3.63, 3.8) is 0 Å². The van der Waals surface area contributed by atoms with Gasteiger partial charge in [-0.25, -0.2) is 26.5 Å². The van der Waals surface area contributed by atoms with Gasteiger partial charge in [0.25, 0.3) is 5.56 Å². The lowest BCUT2D eigenvalue weighted by Gasteiger charge is -2.53. The smallest absolute Gasteiger partial charge is 0.260 e. The van der Waals surface area contributed by atoms with E-state index in [1.807, 2.05) is 38.3 Å². The van der Waals surface area contributed by atoms with Gasteiger partial charge in [0.15, 0.2) is 7.85 Å². The lowest BCUT2D eigenvalue weighted by atomic mass is 9.36. The van der Waals surface area contributed by atoms with E-state index in [4.69, 9.17) is 0 Å². The molecule has 0 spiro atoms. The number of hydrogen-bond acceptors (Lipinski definition) is 7. The maximum Gasteiger partial charge on any atom is 0.260 e. The van der Waals surface area contributed by atoms with Crippen molar-refractivity contribution in [1.29, 1.82) is 0 Å². The molecule has 1 saturated heterocycles. The van der Waals surface area contributed by atoms with Crippen molar-refractivity contribution < 1.29 is 22.3 Å². The maximum absolute atomic E-state index is 14.4. The van der Waals surface area contributed by atoms with Gasteiger partial charge < -0.3 is 10.4 Å². The molecule has 2 aliphatic rings. The number of pyridine rings is 1. The van der Waals surface area contributed by atoms with Gasteiger partial charge in [0.05, 0.1) is 17.9 Å². The minimum atomic E-state index is -3.38. The first-order valence-electron chi connectivity index (χ1n) is 13.0. The molecule has 2 aromatic heterocycles. The van der Waals surface area contributed by atoms with Gasteiger partial charge in [-0.3, -0.25) is 9.36 Å². The predicted octanol–water partition coefficient (Wildman–Crippen LogP) is -3.30. The molecular formula is C21H34B5F2N5O4S. The number of piperidine rings is 1. The molecule has 1 aliphatic carbocycles. The van der Waals surface area contributed by atoms with E-state index in [2.05, 4.69) is 15.3 Å². The number of alkyl halides is 2. The number of rotatable bonds is 6. The van der Waals surface area contributed by atoms with E-state index >= 15 is 0 Å². The van der Waals surface area contributed by atoms with E-state index in [1.54, 1.807) is 0 Å². The summed E-state index contributed by atoms with van der Waals surface area (Å²) in [5.74, 6) is -3.24. The molecule has 9 nitrogen and oxygen atoms in total. The molecule has 2 N–H and O–H groups in total. The van der Waals surface area contributed by atoms with Gasteiger partial charge in [-0.1, -0.05) is 17.4 Å². The number of hydrogen-bond donors (Lipinski definition) is 2. The number of aliphatic hydroxyl groups excluding tert-OH is 1. The molecule has 17 heteroatoms. The Bertz CT molecular complexity index is 1390. The number of fused-ring (bicyclic) bond motifs is 1. The van der Waals surface area contributed by atoms with Crippen molar-refractivity contribution >= 4 is 66.2 Å². The molecule has 0 aromatic carbocycles. The van der Waals surface area contributed by atoms with E-state index in [0.717, 1.165) is 6.07 Å². The summed E-state index contributed by atoms with van der Waals surface area (Å²) >= 11 is 0. The van der Waals surface area contributed by atoms with Gasteiger partial charge in [0.2, 0.25) is 21.8 Å². The van der Waals surface area contributed by atoms with Crippen molar-refractivity contribution in [1.82, 2.24) is 18.8 Å². The number of aliphatic hydroxyl groups is 1. The van der Waals surface area contributed by atoms with Crippen LogP contribution < -0.4 is 10.9 Å². The quantitative estimate of drug-likeness (QED) is 0.366. The van der Waals surface area contributed by atoms with Crippen molar-refractivity contribution in [2.45, 2.75) is 54.7 Å². The first kappa shape index (κ1) is 29.1. The Balaban J connectivity index is 1.77. The first-order chi connectivity index (χ1) is 17.3. The summed E-state index contributed by atoms with van der Waals surface area (Å²) in [5, 5.41) is 12.9. The Labute approximate surface area is 226 Å². The second-order valence-corrected chi connectivity index (χ2v) is 14.7. The third-order valence-electron chi connectivity index (χ3n) is 8.37. The molecule has 2 aromatic rings. The molecule has 4 rings (SSSR count). The van der Waals surface area contributed by atoms with Crippen LogP contribution in [-0.4, -0.2) is 103 Å². The lowest BCUT2D eigenvalue weighted by molar-refractivity contribution is 0.0916. The predicted molar refractivity (Wildman–Crippen MR) is 158 cm³/mol. The van der Waals surface area contributed by atoms with Crippen LogP contribution in [0.1, 0.15) is 25.3 Å². The van der Waals surface area contributed by atoms with Crippen molar-refractivity contribution in [2.75, 3.05) is 24.7 Å². The van der Waals surface area contributed by atoms with Crippen LogP contribution >= 0.6 is 0 Å². The average Bonchev–Trinajstić information content (AvgIpc) is 3.08. The van der Waals surface area contributed by atoms with Crippen LogP contribution in [0.5, 0.6) is 0 Å². The van der Waals surface area contributed by atoms with Crippen molar-refractivity contribution in [2.24, 2.45) is 11.8 Å². The topological polar surface area (TPSA) is 117 Å². The first-order valence-corrected chi connectivity index (χ1v) is 14.8. The molecule has 202 valence electrons. The van der Waals surface area contributed by atoms with Crippen LogP contribution in [0.15, 0.2) is 17.1 Å². The summed E-state index contributed by atoms with van der Waals surface area (Å²) in [5.41, 5.74) is -1.17. The molecule has 3 atom stereocenters. The molecule has 38 heavy (non-hydrogen) atoms. The highest BCUT2D eigenvalue weighted by Crippen LogP contribution is 2.44. The number of aromatic nitrogens is 3. The van der Waals surface area contributed by atoms with Gasteiger partial charge in [-0.2, -0.15) is 4.98 Å². The number of halogens is 2. The molecule has 1 aliphatic heterocycles. The molecule has 1 saturated carbocycles. The number of nitrogens with zero attached hydrogens (tertiary/aromatic N) is 4.